The van der Waals surface area contributed by atoms with Crippen molar-refractivity contribution in [3.05, 3.63) is 33.8 Å². The molecule has 1 aromatic carbocycles. The fourth-order valence-electron chi connectivity index (χ4n) is 1.83. The van der Waals surface area contributed by atoms with E-state index in [-0.39, 0.29) is 5.91 Å². The largest absolute Gasteiger partial charge is 0.347 e. The summed E-state index contributed by atoms with van der Waals surface area (Å²) in [6.07, 6.45) is 0.509. The molecule has 18 heavy (non-hydrogen) atoms. The Balaban J connectivity index is 2.88. The smallest absolute Gasteiger partial charge is 0.220 e. The first-order chi connectivity index (χ1) is 8.22. The summed E-state index contributed by atoms with van der Waals surface area (Å²) in [5.74, 6) is 0.363. The lowest BCUT2D eigenvalue weighted by atomic mass is 9.93. The molecule has 0 fully saturated rings. The van der Waals surface area contributed by atoms with E-state index in [4.69, 9.17) is 23.2 Å². The second-order valence-electron chi connectivity index (χ2n) is 5.40. The van der Waals surface area contributed by atoms with Crippen molar-refractivity contribution in [3.63, 3.8) is 0 Å². The predicted octanol–water partition coefficient (Wildman–Crippen LogP) is 4.39. The summed E-state index contributed by atoms with van der Waals surface area (Å²) >= 11 is 12.0. The lowest BCUT2D eigenvalue weighted by Gasteiger charge is -2.28. The van der Waals surface area contributed by atoms with Gasteiger partial charge in [0.2, 0.25) is 5.91 Å². The van der Waals surface area contributed by atoms with Crippen LogP contribution in [-0.4, -0.2) is 5.91 Å². The second kappa shape index (κ2) is 5.94. The molecule has 1 aromatic rings. The van der Waals surface area contributed by atoms with Crippen molar-refractivity contribution in [2.24, 2.45) is 5.92 Å². The number of hydrogen-bond donors (Lipinski definition) is 1. The third-order valence-electron chi connectivity index (χ3n) is 2.65. The molecular weight excluding hydrogens is 269 g/mol. The summed E-state index contributed by atoms with van der Waals surface area (Å²) in [5, 5.41) is 4.16. The summed E-state index contributed by atoms with van der Waals surface area (Å²) in [6, 6.07) is 5.31. The Kier molecular flexibility index (Phi) is 5.06. The van der Waals surface area contributed by atoms with Gasteiger partial charge in [-0.15, -0.1) is 0 Å². The standard InChI is InChI=1S/C14H19Cl2NO/c1-9(2)7-13(18)17-14(3,4)11-6-5-10(15)8-12(11)16/h5-6,8-9H,7H2,1-4H3,(H,17,18). The molecule has 0 aliphatic rings. The van der Waals surface area contributed by atoms with Crippen LogP contribution < -0.4 is 5.32 Å². The highest BCUT2D eigenvalue weighted by Crippen LogP contribution is 2.30. The first-order valence-corrected chi connectivity index (χ1v) is 6.74. The van der Waals surface area contributed by atoms with Crippen LogP contribution in [0.2, 0.25) is 10.0 Å². The SMILES string of the molecule is CC(C)CC(=O)NC(C)(C)c1ccc(Cl)cc1Cl. The predicted molar refractivity (Wildman–Crippen MR) is 77.1 cm³/mol. The molecule has 0 aliphatic heterocycles. The Morgan fingerprint density at radius 2 is 1.94 bits per heavy atom. The lowest BCUT2D eigenvalue weighted by molar-refractivity contribution is -0.123. The minimum absolute atomic E-state index is 0.0287. The van der Waals surface area contributed by atoms with Crippen LogP contribution in [0.3, 0.4) is 0 Å². The zero-order valence-corrected chi connectivity index (χ0v) is 12.7. The number of halogens is 2. The number of carbonyl (C=O) groups excluding carboxylic acids is 1. The Hall–Kier alpha value is -0.730. The van der Waals surface area contributed by atoms with Crippen molar-refractivity contribution in [1.29, 1.82) is 0 Å². The van der Waals surface area contributed by atoms with Gasteiger partial charge in [-0.25, -0.2) is 0 Å². The summed E-state index contributed by atoms with van der Waals surface area (Å²) in [6.45, 7) is 7.89. The van der Waals surface area contributed by atoms with Gasteiger partial charge in [-0.1, -0.05) is 43.1 Å². The molecule has 0 aromatic heterocycles. The van der Waals surface area contributed by atoms with Gasteiger partial charge in [0.05, 0.1) is 5.54 Å². The summed E-state index contributed by atoms with van der Waals surface area (Å²) in [5.41, 5.74) is 0.360. The summed E-state index contributed by atoms with van der Waals surface area (Å²) in [4.78, 5) is 11.8. The maximum atomic E-state index is 11.8. The first kappa shape index (κ1) is 15.3. The molecular formula is C14H19Cl2NO. The monoisotopic (exact) mass is 287 g/mol. The van der Waals surface area contributed by atoms with E-state index in [0.29, 0.717) is 22.4 Å². The Bertz CT molecular complexity index is 441. The quantitative estimate of drug-likeness (QED) is 0.874. The molecule has 1 amide bonds. The van der Waals surface area contributed by atoms with Gasteiger partial charge in [-0.05, 0) is 37.5 Å². The normalized spacial score (nSPS) is 11.7. The van der Waals surface area contributed by atoms with Crippen LogP contribution in [0.1, 0.15) is 39.7 Å². The molecule has 1 rings (SSSR count). The topological polar surface area (TPSA) is 29.1 Å². The van der Waals surface area contributed by atoms with E-state index in [9.17, 15) is 4.79 Å². The molecule has 100 valence electrons. The number of nitrogens with one attached hydrogen (secondary N) is 1. The van der Waals surface area contributed by atoms with Gasteiger partial charge in [0.15, 0.2) is 0 Å². The van der Waals surface area contributed by atoms with Crippen molar-refractivity contribution in [1.82, 2.24) is 5.32 Å². The fourth-order valence-corrected chi connectivity index (χ4v) is 2.48. The average Bonchev–Trinajstić information content (AvgIpc) is 2.13. The molecule has 0 unspecified atom stereocenters. The Morgan fingerprint density at radius 3 is 2.44 bits per heavy atom. The maximum Gasteiger partial charge on any atom is 0.220 e. The zero-order valence-electron chi connectivity index (χ0n) is 11.2. The fraction of sp³-hybridized carbons (Fsp3) is 0.500. The van der Waals surface area contributed by atoms with Crippen LogP contribution in [0.25, 0.3) is 0 Å². The zero-order chi connectivity index (χ0) is 13.9. The van der Waals surface area contributed by atoms with E-state index >= 15 is 0 Å². The summed E-state index contributed by atoms with van der Waals surface area (Å²) in [7, 11) is 0. The van der Waals surface area contributed by atoms with E-state index in [1.807, 2.05) is 33.8 Å². The van der Waals surface area contributed by atoms with Gasteiger partial charge in [-0.3, -0.25) is 4.79 Å². The van der Waals surface area contributed by atoms with Gasteiger partial charge >= 0.3 is 0 Å². The molecule has 0 bridgehead atoms. The Labute approximate surface area is 119 Å². The minimum atomic E-state index is -0.506. The number of benzene rings is 1. The number of amides is 1. The molecule has 0 atom stereocenters. The highest BCUT2D eigenvalue weighted by atomic mass is 35.5. The molecule has 0 aliphatic carbocycles. The highest BCUT2D eigenvalue weighted by molar-refractivity contribution is 6.35. The average molecular weight is 288 g/mol. The van der Waals surface area contributed by atoms with E-state index in [1.165, 1.54) is 0 Å². The van der Waals surface area contributed by atoms with Gasteiger partial charge in [0.25, 0.3) is 0 Å². The van der Waals surface area contributed by atoms with Crippen LogP contribution in [0.15, 0.2) is 18.2 Å². The van der Waals surface area contributed by atoms with Crippen LogP contribution >= 0.6 is 23.2 Å². The molecule has 0 saturated carbocycles. The van der Waals surface area contributed by atoms with Crippen LogP contribution in [0, 0.1) is 5.92 Å². The molecule has 1 N–H and O–H groups in total. The minimum Gasteiger partial charge on any atom is -0.347 e. The van der Waals surface area contributed by atoms with Crippen molar-refractivity contribution >= 4 is 29.1 Å². The van der Waals surface area contributed by atoms with Crippen molar-refractivity contribution in [2.45, 2.75) is 39.7 Å². The van der Waals surface area contributed by atoms with E-state index in [0.717, 1.165) is 5.56 Å². The third-order valence-corrected chi connectivity index (χ3v) is 3.20. The second-order valence-corrected chi connectivity index (χ2v) is 6.24. The number of hydrogen-bond acceptors (Lipinski definition) is 1. The molecule has 0 radical (unpaired) electrons. The molecule has 0 spiro atoms. The van der Waals surface area contributed by atoms with Gasteiger partial charge < -0.3 is 5.32 Å². The number of rotatable bonds is 4. The highest BCUT2D eigenvalue weighted by Gasteiger charge is 2.25. The van der Waals surface area contributed by atoms with Crippen LogP contribution in [-0.2, 0) is 10.3 Å². The Morgan fingerprint density at radius 1 is 1.33 bits per heavy atom. The van der Waals surface area contributed by atoms with E-state index in [2.05, 4.69) is 5.32 Å². The van der Waals surface area contributed by atoms with E-state index in [1.54, 1.807) is 12.1 Å². The summed E-state index contributed by atoms with van der Waals surface area (Å²) < 4.78 is 0. The van der Waals surface area contributed by atoms with Crippen molar-refractivity contribution in [2.75, 3.05) is 0 Å². The first-order valence-electron chi connectivity index (χ1n) is 5.99. The lowest BCUT2D eigenvalue weighted by Crippen LogP contribution is -2.41. The van der Waals surface area contributed by atoms with Crippen molar-refractivity contribution < 1.29 is 4.79 Å². The van der Waals surface area contributed by atoms with Crippen LogP contribution in [0.5, 0.6) is 0 Å². The molecule has 4 heteroatoms. The molecule has 2 nitrogen and oxygen atoms in total. The van der Waals surface area contributed by atoms with Gasteiger partial charge in [0.1, 0.15) is 0 Å². The maximum absolute atomic E-state index is 11.8. The molecule has 0 saturated heterocycles. The van der Waals surface area contributed by atoms with Gasteiger partial charge in [-0.2, -0.15) is 0 Å². The van der Waals surface area contributed by atoms with E-state index < -0.39 is 5.54 Å². The molecule has 0 heterocycles. The third kappa shape index (κ3) is 4.18. The van der Waals surface area contributed by atoms with Gasteiger partial charge in [0, 0.05) is 16.5 Å². The van der Waals surface area contributed by atoms with Crippen molar-refractivity contribution in [3.8, 4) is 0 Å². The number of carbonyl (C=O) groups is 1. The van der Waals surface area contributed by atoms with Crippen LogP contribution in [0.4, 0.5) is 0 Å².